The maximum atomic E-state index is 12.7. The van der Waals surface area contributed by atoms with Gasteiger partial charge >= 0.3 is 0 Å². The Labute approximate surface area is 133 Å². The lowest BCUT2D eigenvalue weighted by molar-refractivity contribution is -0.132. The molecule has 1 fully saturated rings. The van der Waals surface area contributed by atoms with Crippen LogP contribution in [0.4, 0.5) is 0 Å². The van der Waals surface area contributed by atoms with Gasteiger partial charge < -0.3 is 9.88 Å². The van der Waals surface area contributed by atoms with E-state index in [9.17, 15) is 4.79 Å². The average molecular weight is 313 g/mol. The molecule has 1 amide bonds. The molecule has 3 aliphatic rings. The van der Waals surface area contributed by atoms with E-state index in [-0.39, 0.29) is 12.0 Å². The zero-order valence-electron chi connectivity index (χ0n) is 12.2. The minimum atomic E-state index is 0.116. The Morgan fingerprint density at radius 1 is 1.27 bits per heavy atom. The third kappa shape index (κ3) is 1.55. The summed E-state index contributed by atoms with van der Waals surface area (Å²) < 4.78 is 0. The zero-order valence-corrected chi connectivity index (χ0v) is 12.9. The minimum absolute atomic E-state index is 0.116. The lowest BCUT2D eigenvalue weighted by Gasteiger charge is -2.33. The smallest absolute Gasteiger partial charge is 0.226 e. The first-order valence-corrected chi connectivity index (χ1v) is 8.36. The lowest BCUT2D eigenvalue weighted by Crippen LogP contribution is -2.35. The Morgan fingerprint density at radius 2 is 2.14 bits per heavy atom. The number of benzene rings is 1. The second kappa shape index (κ2) is 4.39. The molecular formula is C18H17ClN2O. The lowest BCUT2D eigenvalue weighted by atomic mass is 9.79. The molecule has 3 heterocycles. The Hall–Kier alpha value is -1.74. The summed E-state index contributed by atoms with van der Waals surface area (Å²) in [4.78, 5) is 18.4. The molecule has 0 radical (unpaired) electrons. The van der Waals surface area contributed by atoms with Crippen molar-refractivity contribution in [2.45, 2.75) is 25.3 Å². The number of amides is 1. The van der Waals surface area contributed by atoms with E-state index in [1.165, 1.54) is 22.2 Å². The topological polar surface area (TPSA) is 36.1 Å². The Morgan fingerprint density at radius 3 is 3.05 bits per heavy atom. The summed E-state index contributed by atoms with van der Waals surface area (Å²) in [5.74, 6) is 0.752. The fraction of sp³-hybridized carbons (Fsp3) is 0.389. The second-order valence-corrected chi connectivity index (χ2v) is 7.14. The summed E-state index contributed by atoms with van der Waals surface area (Å²) in [6.45, 7) is 0.836. The van der Waals surface area contributed by atoms with Gasteiger partial charge in [0.1, 0.15) is 0 Å². The van der Waals surface area contributed by atoms with Crippen LogP contribution >= 0.6 is 11.6 Å². The molecule has 3 nitrogen and oxygen atoms in total. The first kappa shape index (κ1) is 12.8. The van der Waals surface area contributed by atoms with Crippen LogP contribution in [0.1, 0.15) is 30.1 Å². The van der Waals surface area contributed by atoms with Crippen molar-refractivity contribution in [2.24, 2.45) is 11.8 Å². The van der Waals surface area contributed by atoms with Crippen LogP contribution in [0.2, 0.25) is 0 Å². The van der Waals surface area contributed by atoms with Crippen LogP contribution in [0.15, 0.2) is 35.4 Å². The summed E-state index contributed by atoms with van der Waals surface area (Å²) in [5, 5.41) is 2.23. The number of halogens is 1. The summed E-state index contributed by atoms with van der Waals surface area (Å²) in [6, 6.07) is 8.63. The van der Waals surface area contributed by atoms with E-state index in [1.54, 1.807) is 0 Å². The number of hydrogen-bond acceptors (Lipinski definition) is 1. The zero-order chi connectivity index (χ0) is 14.8. The number of aromatic nitrogens is 1. The average Bonchev–Trinajstić information content (AvgIpc) is 3.03. The monoisotopic (exact) mass is 312 g/mol. The number of aromatic amines is 1. The van der Waals surface area contributed by atoms with E-state index in [2.05, 4.69) is 34.1 Å². The van der Waals surface area contributed by atoms with Crippen LogP contribution in [0.3, 0.4) is 0 Å². The highest BCUT2D eigenvalue weighted by Crippen LogP contribution is 2.51. The molecule has 2 aromatic rings. The van der Waals surface area contributed by atoms with Crippen LogP contribution in [-0.2, 0) is 11.2 Å². The molecule has 1 aromatic carbocycles. The Balaban J connectivity index is 1.69. The maximum Gasteiger partial charge on any atom is 0.226 e. The van der Waals surface area contributed by atoms with Gasteiger partial charge in [0.25, 0.3) is 0 Å². The van der Waals surface area contributed by atoms with Gasteiger partial charge in [0.2, 0.25) is 5.91 Å². The molecule has 0 saturated carbocycles. The molecule has 1 aliphatic carbocycles. The van der Waals surface area contributed by atoms with Gasteiger partial charge in [0, 0.05) is 40.0 Å². The van der Waals surface area contributed by atoms with Crippen molar-refractivity contribution in [2.75, 3.05) is 6.54 Å². The van der Waals surface area contributed by atoms with E-state index in [1.807, 2.05) is 6.08 Å². The minimum Gasteiger partial charge on any atom is -0.356 e. The van der Waals surface area contributed by atoms with Gasteiger partial charge in [-0.2, -0.15) is 0 Å². The summed E-state index contributed by atoms with van der Waals surface area (Å²) in [6.07, 6.45) is 4.60. The molecule has 0 bridgehead atoms. The molecule has 1 aromatic heterocycles. The molecular weight excluding hydrogens is 296 g/mol. The van der Waals surface area contributed by atoms with Crippen molar-refractivity contribution in [3.8, 4) is 0 Å². The SMILES string of the molecule is O=C1[C@H]2CC=C(Cl)C[C@H]2[C@@H]2c3[nH]c4ccccc4c3CCN12. The third-order valence-corrected chi connectivity index (χ3v) is 5.94. The normalized spacial score (nSPS) is 30.0. The Bertz CT molecular complexity index is 822. The predicted octanol–water partition coefficient (Wildman–Crippen LogP) is 3.76. The number of fused-ring (bicyclic) bond motifs is 7. The van der Waals surface area contributed by atoms with E-state index in [4.69, 9.17) is 11.6 Å². The van der Waals surface area contributed by atoms with Crippen molar-refractivity contribution in [3.05, 3.63) is 46.6 Å². The highest BCUT2D eigenvalue weighted by molar-refractivity contribution is 6.29. The molecule has 3 atom stereocenters. The predicted molar refractivity (Wildman–Crippen MR) is 86.6 cm³/mol. The number of nitrogens with zero attached hydrogens (tertiary/aromatic N) is 1. The summed E-state index contributed by atoms with van der Waals surface area (Å²) in [7, 11) is 0. The van der Waals surface area contributed by atoms with E-state index in [0.29, 0.717) is 11.8 Å². The van der Waals surface area contributed by atoms with E-state index < -0.39 is 0 Å². The largest absolute Gasteiger partial charge is 0.356 e. The number of para-hydroxylation sites is 1. The molecule has 2 aliphatic heterocycles. The van der Waals surface area contributed by atoms with Crippen molar-refractivity contribution >= 4 is 28.4 Å². The molecule has 1 saturated heterocycles. The first-order chi connectivity index (χ1) is 10.7. The maximum absolute atomic E-state index is 12.7. The van der Waals surface area contributed by atoms with Gasteiger partial charge in [-0.15, -0.1) is 0 Å². The summed E-state index contributed by atoms with van der Waals surface area (Å²) >= 11 is 6.29. The van der Waals surface area contributed by atoms with Crippen LogP contribution in [-0.4, -0.2) is 22.3 Å². The second-order valence-electron chi connectivity index (χ2n) is 6.65. The van der Waals surface area contributed by atoms with Gasteiger partial charge in [-0.25, -0.2) is 0 Å². The molecule has 0 unspecified atom stereocenters. The number of hydrogen-bond donors (Lipinski definition) is 1. The van der Waals surface area contributed by atoms with E-state index >= 15 is 0 Å². The van der Waals surface area contributed by atoms with Crippen LogP contribution < -0.4 is 0 Å². The highest BCUT2D eigenvalue weighted by atomic mass is 35.5. The third-order valence-electron chi connectivity index (χ3n) is 5.63. The van der Waals surface area contributed by atoms with Crippen molar-refractivity contribution in [3.63, 3.8) is 0 Å². The van der Waals surface area contributed by atoms with Crippen molar-refractivity contribution in [1.82, 2.24) is 9.88 Å². The molecule has 22 heavy (non-hydrogen) atoms. The van der Waals surface area contributed by atoms with Gasteiger partial charge in [0.05, 0.1) is 6.04 Å². The molecule has 1 N–H and O–H groups in total. The van der Waals surface area contributed by atoms with Gasteiger partial charge in [-0.05, 0) is 30.9 Å². The molecule has 5 rings (SSSR count). The first-order valence-electron chi connectivity index (χ1n) is 7.98. The standard InChI is InChI=1S/C18H17ClN2O/c19-10-5-6-13-14(9-10)17-16-12(7-8-21(17)18(13)22)11-3-1-2-4-15(11)20-16/h1-5,13-14,17,20H,6-9H2/t13-,14+,17+/m0/s1. The number of carbonyl (C=O) groups is 1. The Kier molecular flexibility index (Phi) is 2.55. The highest BCUT2D eigenvalue weighted by Gasteiger charge is 2.51. The van der Waals surface area contributed by atoms with Crippen molar-refractivity contribution < 1.29 is 4.79 Å². The van der Waals surface area contributed by atoms with Gasteiger partial charge in [-0.1, -0.05) is 35.9 Å². The fourth-order valence-electron chi connectivity index (χ4n) is 4.67. The number of allylic oxidation sites excluding steroid dienone is 2. The molecule has 4 heteroatoms. The molecule has 112 valence electrons. The number of carbonyl (C=O) groups excluding carboxylic acids is 1. The van der Waals surface area contributed by atoms with Crippen LogP contribution in [0.25, 0.3) is 10.9 Å². The van der Waals surface area contributed by atoms with Gasteiger partial charge in [0.15, 0.2) is 0 Å². The molecule has 0 spiro atoms. The van der Waals surface area contributed by atoms with Gasteiger partial charge in [-0.3, -0.25) is 4.79 Å². The van der Waals surface area contributed by atoms with Crippen LogP contribution in [0, 0.1) is 11.8 Å². The fourth-order valence-corrected chi connectivity index (χ4v) is 4.94. The quantitative estimate of drug-likeness (QED) is 0.790. The number of H-pyrrole nitrogens is 1. The van der Waals surface area contributed by atoms with E-state index in [0.717, 1.165) is 30.8 Å². The van der Waals surface area contributed by atoms with Crippen molar-refractivity contribution in [1.29, 1.82) is 0 Å². The van der Waals surface area contributed by atoms with Crippen LogP contribution in [0.5, 0.6) is 0 Å². The summed E-state index contributed by atoms with van der Waals surface area (Å²) in [5.41, 5.74) is 3.83. The number of nitrogens with one attached hydrogen (secondary N) is 1. The number of rotatable bonds is 0.